The molecule has 106 valence electrons. The van der Waals surface area contributed by atoms with E-state index in [1.807, 2.05) is 6.07 Å². The van der Waals surface area contributed by atoms with Gasteiger partial charge in [-0.25, -0.2) is 4.39 Å². The Labute approximate surface area is 120 Å². The van der Waals surface area contributed by atoms with E-state index in [0.29, 0.717) is 11.5 Å². The van der Waals surface area contributed by atoms with Crippen molar-refractivity contribution in [1.29, 1.82) is 5.26 Å². The van der Waals surface area contributed by atoms with E-state index in [1.54, 1.807) is 12.1 Å². The Kier molecular flexibility index (Phi) is 2.83. The number of fused-ring (bicyclic) bond motifs is 2. The van der Waals surface area contributed by atoms with Crippen LogP contribution in [0.5, 0.6) is 0 Å². The standard InChI is InChI=1S/C17H21FN2/c1-16(2)12-6-7-17(3,9-12)15(16)20-13-4-5-14(18)11(8-13)10-19/h4-5,8,12,15,20H,6-7,9H2,1-3H3. The van der Waals surface area contributed by atoms with Gasteiger partial charge in [0.25, 0.3) is 0 Å². The van der Waals surface area contributed by atoms with Crippen LogP contribution in [0.15, 0.2) is 18.2 Å². The second kappa shape index (κ2) is 4.22. The molecule has 3 heteroatoms. The van der Waals surface area contributed by atoms with E-state index in [-0.39, 0.29) is 11.0 Å². The monoisotopic (exact) mass is 272 g/mol. The highest BCUT2D eigenvalue weighted by Crippen LogP contribution is 2.63. The summed E-state index contributed by atoms with van der Waals surface area (Å²) in [6.45, 7) is 7.01. The summed E-state index contributed by atoms with van der Waals surface area (Å²) in [4.78, 5) is 0. The molecule has 2 aliphatic rings. The number of hydrogen-bond acceptors (Lipinski definition) is 2. The summed E-state index contributed by atoms with van der Waals surface area (Å²) in [5, 5.41) is 12.5. The number of nitrogens with one attached hydrogen (secondary N) is 1. The minimum atomic E-state index is -0.448. The SMILES string of the molecule is CC12CCC(C1)C(C)(C)C2Nc1ccc(F)c(C#N)c1. The molecular formula is C17H21FN2. The van der Waals surface area contributed by atoms with Gasteiger partial charge in [-0.05, 0) is 54.2 Å². The molecule has 20 heavy (non-hydrogen) atoms. The fourth-order valence-corrected chi connectivity index (χ4v) is 4.53. The van der Waals surface area contributed by atoms with Gasteiger partial charge in [0.1, 0.15) is 11.9 Å². The summed E-state index contributed by atoms with van der Waals surface area (Å²) in [5.41, 5.74) is 1.53. The molecule has 3 atom stereocenters. The number of rotatable bonds is 2. The van der Waals surface area contributed by atoms with Gasteiger partial charge in [0.2, 0.25) is 0 Å². The Bertz CT molecular complexity index is 582. The van der Waals surface area contributed by atoms with Gasteiger partial charge < -0.3 is 5.32 Å². The lowest BCUT2D eigenvalue weighted by atomic mass is 9.68. The van der Waals surface area contributed by atoms with Crippen LogP contribution in [0.3, 0.4) is 0 Å². The second-order valence-corrected chi connectivity index (χ2v) is 7.30. The minimum absolute atomic E-state index is 0.112. The first kappa shape index (κ1) is 13.4. The largest absolute Gasteiger partial charge is 0.381 e. The van der Waals surface area contributed by atoms with Gasteiger partial charge in [0, 0.05) is 11.7 Å². The summed E-state index contributed by atoms with van der Waals surface area (Å²) in [6.07, 6.45) is 3.84. The summed E-state index contributed by atoms with van der Waals surface area (Å²) in [5.74, 6) is 0.317. The number of nitrogens with zero attached hydrogens (tertiary/aromatic N) is 1. The van der Waals surface area contributed by atoms with Crippen LogP contribution in [0.1, 0.15) is 45.6 Å². The van der Waals surface area contributed by atoms with Crippen molar-refractivity contribution in [3.63, 3.8) is 0 Å². The van der Waals surface area contributed by atoms with E-state index in [4.69, 9.17) is 5.26 Å². The molecule has 0 spiro atoms. The molecule has 0 heterocycles. The zero-order valence-corrected chi connectivity index (χ0v) is 12.3. The van der Waals surface area contributed by atoms with Crippen LogP contribution in [0.4, 0.5) is 10.1 Å². The lowest BCUT2D eigenvalue weighted by molar-refractivity contribution is 0.155. The maximum absolute atomic E-state index is 13.4. The molecule has 1 aromatic carbocycles. The van der Waals surface area contributed by atoms with E-state index < -0.39 is 5.82 Å². The number of nitriles is 1. The van der Waals surface area contributed by atoms with Crippen LogP contribution >= 0.6 is 0 Å². The van der Waals surface area contributed by atoms with Gasteiger partial charge in [-0.2, -0.15) is 5.26 Å². The van der Waals surface area contributed by atoms with Gasteiger partial charge in [0.15, 0.2) is 0 Å². The second-order valence-electron chi connectivity index (χ2n) is 7.30. The molecule has 3 rings (SSSR count). The van der Waals surface area contributed by atoms with E-state index in [0.717, 1.165) is 11.6 Å². The van der Waals surface area contributed by atoms with Gasteiger partial charge >= 0.3 is 0 Å². The normalized spacial score (nSPS) is 34.0. The molecule has 2 nitrogen and oxygen atoms in total. The third-order valence-corrected chi connectivity index (χ3v) is 5.67. The highest BCUT2D eigenvalue weighted by molar-refractivity contribution is 5.51. The van der Waals surface area contributed by atoms with Crippen molar-refractivity contribution in [2.45, 2.75) is 46.1 Å². The van der Waals surface area contributed by atoms with Gasteiger partial charge in [0.05, 0.1) is 5.56 Å². The number of halogens is 1. The van der Waals surface area contributed by atoms with E-state index >= 15 is 0 Å². The Morgan fingerprint density at radius 1 is 1.35 bits per heavy atom. The van der Waals surface area contributed by atoms with E-state index in [9.17, 15) is 4.39 Å². The third-order valence-electron chi connectivity index (χ3n) is 5.67. The number of anilines is 1. The topological polar surface area (TPSA) is 35.8 Å². The fourth-order valence-electron chi connectivity index (χ4n) is 4.53. The summed E-state index contributed by atoms with van der Waals surface area (Å²) in [7, 11) is 0. The molecule has 1 aromatic rings. The molecule has 0 aromatic heterocycles. The van der Waals surface area contributed by atoms with Crippen LogP contribution in [-0.2, 0) is 0 Å². The highest BCUT2D eigenvalue weighted by Gasteiger charge is 2.59. The average molecular weight is 272 g/mol. The molecule has 0 aliphatic heterocycles. The van der Waals surface area contributed by atoms with Crippen LogP contribution in [0.25, 0.3) is 0 Å². The zero-order chi connectivity index (χ0) is 14.5. The van der Waals surface area contributed by atoms with Crippen LogP contribution in [0, 0.1) is 33.9 Å². The van der Waals surface area contributed by atoms with Crippen molar-refractivity contribution < 1.29 is 4.39 Å². The average Bonchev–Trinajstić information content (AvgIpc) is 2.87. The molecule has 2 saturated carbocycles. The molecule has 0 saturated heterocycles. The molecule has 2 fully saturated rings. The van der Waals surface area contributed by atoms with E-state index in [2.05, 4.69) is 26.1 Å². The van der Waals surface area contributed by atoms with E-state index in [1.165, 1.54) is 25.3 Å². The molecule has 1 N–H and O–H groups in total. The fraction of sp³-hybridized carbons (Fsp3) is 0.588. The van der Waals surface area contributed by atoms with Crippen molar-refractivity contribution in [2.75, 3.05) is 5.32 Å². The molecule has 0 radical (unpaired) electrons. The molecular weight excluding hydrogens is 251 g/mol. The third kappa shape index (κ3) is 1.82. The van der Waals surface area contributed by atoms with Crippen LogP contribution < -0.4 is 5.32 Å². The van der Waals surface area contributed by atoms with Crippen molar-refractivity contribution in [3.8, 4) is 6.07 Å². The van der Waals surface area contributed by atoms with Gasteiger partial charge in [-0.3, -0.25) is 0 Å². The number of hydrogen-bond donors (Lipinski definition) is 1. The predicted octanol–water partition coefficient (Wildman–Crippen LogP) is 4.32. The van der Waals surface area contributed by atoms with Crippen molar-refractivity contribution >= 4 is 5.69 Å². The van der Waals surface area contributed by atoms with Gasteiger partial charge in [-0.1, -0.05) is 20.8 Å². The smallest absolute Gasteiger partial charge is 0.141 e. The minimum Gasteiger partial charge on any atom is -0.381 e. The first-order valence-electron chi connectivity index (χ1n) is 7.33. The van der Waals surface area contributed by atoms with Crippen molar-refractivity contribution in [1.82, 2.24) is 0 Å². The number of benzene rings is 1. The lowest BCUT2D eigenvalue weighted by Gasteiger charge is -2.43. The van der Waals surface area contributed by atoms with Crippen molar-refractivity contribution in [2.24, 2.45) is 16.7 Å². The Morgan fingerprint density at radius 2 is 2.10 bits per heavy atom. The maximum atomic E-state index is 13.4. The lowest BCUT2D eigenvalue weighted by Crippen LogP contribution is -2.45. The summed E-state index contributed by atoms with van der Waals surface area (Å²) in [6, 6.07) is 7.03. The first-order chi connectivity index (χ1) is 9.37. The molecule has 2 bridgehead atoms. The van der Waals surface area contributed by atoms with Crippen molar-refractivity contribution in [3.05, 3.63) is 29.6 Å². The quantitative estimate of drug-likeness (QED) is 0.870. The molecule has 0 amide bonds. The summed E-state index contributed by atoms with van der Waals surface area (Å²) >= 11 is 0. The van der Waals surface area contributed by atoms with Crippen LogP contribution in [0.2, 0.25) is 0 Å². The first-order valence-corrected chi connectivity index (χ1v) is 7.33. The summed E-state index contributed by atoms with van der Waals surface area (Å²) < 4.78 is 13.4. The Hall–Kier alpha value is -1.56. The Morgan fingerprint density at radius 3 is 2.70 bits per heavy atom. The Balaban J connectivity index is 1.90. The van der Waals surface area contributed by atoms with Crippen LogP contribution in [-0.4, -0.2) is 6.04 Å². The highest BCUT2D eigenvalue weighted by atomic mass is 19.1. The maximum Gasteiger partial charge on any atom is 0.141 e. The molecule has 2 aliphatic carbocycles. The molecule has 3 unspecified atom stereocenters. The predicted molar refractivity (Wildman–Crippen MR) is 77.8 cm³/mol. The van der Waals surface area contributed by atoms with Gasteiger partial charge in [-0.15, -0.1) is 0 Å². The zero-order valence-electron chi connectivity index (χ0n) is 12.3.